The van der Waals surface area contributed by atoms with Crippen molar-refractivity contribution in [2.24, 2.45) is 5.92 Å². The summed E-state index contributed by atoms with van der Waals surface area (Å²) in [6.45, 7) is 1.80. The predicted octanol–water partition coefficient (Wildman–Crippen LogP) is 0.317. The molecular formula is C18H25N5O8. The van der Waals surface area contributed by atoms with Crippen molar-refractivity contribution in [3.05, 3.63) is 16.4 Å². The molecule has 1 aromatic heterocycles. The summed E-state index contributed by atoms with van der Waals surface area (Å²) in [6, 6.07) is 0. The molecule has 170 valence electrons. The number of piperidine rings is 1. The van der Waals surface area contributed by atoms with Crippen LogP contribution in [-0.4, -0.2) is 79.8 Å². The summed E-state index contributed by atoms with van der Waals surface area (Å²) in [4.78, 5) is 57.6. The Balaban J connectivity index is 2.35. The molecule has 0 spiro atoms. The van der Waals surface area contributed by atoms with Crippen molar-refractivity contribution in [1.29, 1.82) is 0 Å². The zero-order valence-electron chi connectivity index (χ0n) is 17.6. The van der Waals surface area contributed by atoms with Gasteiger partial charge in [-0.05, 0) is 19.8 Å². The minimum atomic E-state index is -0.714. The van der Waals surface area contributed by atoms with Gasteiger partial charge in [-0.25, -0.2) is 9.97 Å². The topological polar surface area (TPSA) is 154 Å². The molecule has 2 heterocycles. The number of hydrogen-bond donors (Lipinski definition) is 0. The highest BCUT2D eigenvalue weighted by molar-refractivity contribution is 5.84. The summed E-state index contributed by atoms with van der Waals surface area (Å²) in [5.74, 6) is -2.17. The van der Waals surface area contributed by atoms with Gasteiger partial charge < -0.3 is 24.0 Å². The van der Waals surface area contributed by atoms with Crippen molar-refractivity contribution < 1.29 is 33.5 Å². The molecule has 2 rings (SSSR count). The summed E-state index contributed by atoms with van der Waals surface area (Å²) < 4.78 is 14.3. The van der Waals surface area contributed by atoms with E-state index in [1.807, 2.05) is 0 Å². The average Bonchev–Trinajstić information content (AvgIpc) is 2.78. The van der Waals surface area contributed by atoms with Crippen LogP contribution in [0, 0.1) is 16.0 Å². The molecule has 0 aromatic carbocycles. The smallest absolute Gasteiger partial charge is 0.353 e. The first kappa shape index (κ1) is 23.8. The van der Waals surface area contributed by atoms with Gasteiger partial charge in [0.1, 0.15) is 19.4 Å². The van der Waals surface area contributed by atoms with Crippen LogP contribution in [0.15, 0.2) is 6.33 Å². The quantitative estimate of drug-likeness (QED) is 0.225. The Morgan fingerprint density at radius 3 is 2.23 bits per heavy atom. The number of rotatable bonds is 9. The Labute approximate surface area is 178 Å². The molecule has 31 heavy (non-hydrogen) atoms. The van der Waals surface area contributed by atoms with E-state index in [9.17, 15) is 24.5 Å². The fourth-order valence-electron chi connectivity index (χ4n) is 3.22. The Morgan fingerprint density at radius 2 is 1.74 bits per heavy atom. The fourth-order valence-corrected chi connectivity index (χ4v) is 3.22. The number of methoxy groups -OCH3 is 2. The number of nitro groups is 1. The number of aromatic nitrogens is 2. The standard InChI is InChI=1S/C18H25N5O8/c1-4-31-18(26)12-5-7-21(8-6-12)16-15(23(27)28)17(20-11-19-16)22(9-13(24)29-2)10-14(25)30-3/h11-12H,4-10H2,1-3H3. The maximum absolute atomic E-state index is 12.0. The molecule has 0 unspecified atom stereocenters. The minimum absolute atomic E-state index is 0.0389. The second-order valence-electron chi connectivity index (χ2n) is 6.65. The van der Waals surface area contributed by atoms with Crippen molar-refractivity contribution in [2.45, 2.75) is 19.8 Å². The summed E-state index contributed by atoms with van der Waals surface area (Å²) in [5, 5.41) is 11.9. The fraction of sp³-hybridized carbons (Fsp3) is 0.611. The molecule has 0 radical (unpaired) electrons. The van der Waals surface area contributed by atoms with Crippen LogP contribution in [0.1, 0.15) is 19.8 Å². The number of nitrogens with zero attached hydrogens (tertiary/aromatic N) is 5. The van der Waals surface area contributed by atoms with Crippen LogP contribution >= 0.6 is 0 Å². The number of esters is 3. The first-order valence-electron chi connectivity index (χ1n) is 9.61. The molecule has 1 saturated heterocycles. The van der Waals surface area contributed by atoms with E-state index >= 15 is 0 Å². The van der Waals surface area contributed by atoms with E-state index in [1.54, 1.807) is 11.8 Å². The van der Waals surface area contributed by atoms with Gasteiger partial charge in [0, 0.05) is 13.1 Å². The number of hydrogen-bond acceptors (Lipinski definition) is 12. The highest BCUT2D eigenvalue weighted by atomic mass is 16.6. The van der Waals surface area contributed by atoms with Crippen LogP contribution in [0.3, 0.4) is 0 Å². The van der Waals surface area contributed by atoms with Gasteiger partial charge in [0.25, 0.3) is 0 Å². The number of carbonyl (C=O) groups is 3. The van der Waals surface area contributed by atoms with Crippen LogP contribution in [0.4, 0.5) is 17.3 Å². The van der Waals surface area contributed by atoms with E-state index in [2.05, 4.69) is 19.4 Å². The summed E-state index contributed by atoms with van der Waals surface area (Å²) in [7, 11) is 2.32. The van der Waals surface area contributed by atoms with Crippen LogP contribution < -0.4 is 9.80 Å². The van der Waals surface area contributed by atoms with Crippen molar-refractivity contribution in [2.75, 3.05) is 56.8 Å². The van der Waals surface area contributed by atoms with E-state index in [0.29, 0.717) is 25.9 Å². The number of ether oxygens (including phenoxy) is 3. The summed E-state index contributed by atoms with van der Waals surface area (Å²) in [5.41, 5.74) is -0.454. The van der Waals surface area contributed by atoms with Gasteiger partial charge in [0.2, 0.25) is 11.6 Å². The zero-order chi connectivity index (χ0) is 23.0. The summed E-state index contributed by atoms with van der Waals surface area (Å²) >= 11 is 0. The first-order valence-corrected chi connectivity index (χ1v) is 9.61. The van der Waals surface area contributed by atoms with E-state index in [0.717, 1.165) is 25.4 Å². The molecule has 13 nitrogen and oxygen atoms in total. The SMILES string of the molecule is CCOC(=O)C1CCN(c2ncnc(N(CC(=O)OC)CC(=O)OC)c2[N+](=O)[O-])CC1. The van der Waals surface area contributed by atoms with E-state index in [4.69, 9.17) is 4.74 Å². The van der Waals surface area contributed by atoms with Gasteiger partial charge in [-0.3, -0.25) is 24.5 Å². The van der Waals surface area contributed by atoms with Crippen LogP contribution in [0.25, 0.3) is 0 Å². The number of carbonyl (C=O) groups excluding carboxylic acids is 3. The van der Waals surface area contributed by atoms with Gasteiger partial charge in [0.15, 0.2) is 0 Å². The molecule has 0 saturated carbocycles. The molecule has 1 aliphatic rings. The van der Waals surface area contributed by atoms with Crippen LogP contribution in [0.5, 0.6) is 0 Å². The third kappa shape index (κ3) is 5.99. The maximum Gasteiger partial charge on any atom is 0.353 e. The molecule has 0 aliphatic carbocycles. The van der Waals surface area contributed by atoms with Gasteiger partial charge in [0.05, 0.1) is 31.7 Å². The lowest BCUT2D eigenvalue weighted by Crippen LogP contribution is -2.39. The molecule has 1 aromatic rings. The zero-order valence-corrected chi connectivity index (χ0v) is 17.6. The second kappa shape index (κ2) is 11.0. The molecular weight excluding hydrogens is 414 g/mol. The van der Waals surface area contributed by atoms with Crippen LogP contribution in [-0.2, 0) is 28.6 Å². The van der Waals surface area contributed by atoms with Gasteiger partial charge in [-0.2, -0.15) is 0 Å². The van der Waals surface area contributed by atoms with Gasteiger partial charge in [-0.15, -0.1) is 0 Å². The Kier molecular flexibility index (Phi) is 8.46. The molecule has 1 fully saturated rings. The lowest BCUT2D eigenvalue weighted by Gasteiger charge is -2.31. The third-order valence-corrected chi connectivity index (χ3v) is 4.78. The molecule has 0 atom stereocenters. The number of anilines is 2. The maximum atomic E-state index is 12.0. The van der Waals surface area contributed by atoms with E-state index in [1.165, 1.54) is 0 Å². The Morgan fingerprint density at radius 1 is 1.16 bits per heavy atom. The van der Waals surface area contributed by atoms with E-state index in [-0.39, 0.29) is 30.1 Å². The van der Waals surface area contributed by atoms with Crippen molar-refractivity contribution in [3.63, 3.8) is 0 Å². The largest absolute Gasteiger partial charge is 0.468 e. The normalized spacial score (nSPS) is 14.0. The van der Waals surface area contributed by atoms with Crippen molar-refractivity contribution in [3.8, 4) is 0 Å². The monoisotopic (exact) mass is 439 g/mol. The van der Waals surface area contributed by atoms with Crippen molar-refractivity contribution in [1.82, 2.24) is 9.97 Å². The Bertz CT molecular complexity index is 807. The first-order chi connectivity index (χ1) is 14.8. The third-order valence-electron chi connectivity index (χ3n) is 4.78. The lowest BCUT2D eigenvalue weighted by molar-refractivity contribution is -0.383. The van der Waals surface area contributed by atoms with Crippen LogP contribution in [0.2, 0.25) is 0 Å². The Hall–Kier alpha value is -3.51. The molecule has 1 aliphatic heterocycles. The molecule has 0 amide bonds. The molecule has 0 N–H and O–H groups in total. The van der Waals surface area contributed by atoms with E-state index < -0.39 is 35.6 Å². The molecule has 13 heteroatoms. The van der Waals surface area contributed by atoms with Gasteiger partial charge >= 0.3 is 23.6 Å². The van der Waals surface area contributed by atoms with Crippen molar-refractivity contribution >= 4 is 35.2 Å². The average molecular weight is 439 g/mol. The second-order valence-corrected chi connectivity index (χ2v) is 6.65. The predicted molar refractivity (Wildman–Crippen MR) is 107 cm³/mol. The lowest BCUT2D eigenvalue weighted by atomic mass is 9.97. The van der Waals surface area contributed by atoms with Gasteiger partial charge in [-0.1, -0.05) is 0 Å². The molecule has 0 bridgehead atoms. The summed E-state index contributed by atoms with van der Waals surface area (Å²) in [6.07, 6.45) is 2.02. The minimum Gasteiger partial charge on any atom is -0.468 e. The highest BCUT2D eigenvalue weighted by Gasteiger charge is 2.34. The highest BCUT2D eigenvalue weighted by Crippen LogP contribution is 2.36.